The lowest BCUT2D eigenvalue weighted by atomic mass is 9.72. The maximum atomic E-state index is 14.4. The number of hydrogen-bond acceptors (Lipinski definition) is 4. The standard InChI is InChI=1S/C18H18F4N2O3S/c1-16(2,28(23)25)9-17(10-26-14-4-3-7-24-15(14)17)11-5-6-13(12(19)8-11)27-18(20,21)22/h3-8H,9-10,23H2,1-2H3/t17-,28?/m1/s1. The van der Waals surface area contributed by atoms with E-state index < -0.39 is 39.1 Å². The molecule has 0 fully saturated rings. The minimum atomic E-state index is -5.01. The van der Waals surface area contributed by atoms with Gasteiger partial charge in [-0.05, 0) is 50.1 Å². The van der Waals surface area contributed by atoms with Gasteiger partial charge in [0, 0.05) is 6.20 Å². The van der Waals surface area contributed by atoms with Crippen LogP contribution in [-0.2, 0) is 16.4 Å². The molecule has 2 aromatic rings. The van der Waals surface area contributed by atoms with Gasteiger partial charge in [0.15, 0.2) is 11.6 Å². The van der Waals surface area contributed by atoms with Gasteiger partial charge in [-0.2, -0.15) is 0 Å². The summed E-state index contributed by atoms with van der Waals surface area (Å²) < 4.78 is 72.3. The van der Waals surface area contributed by atoms with Crippen LogP contribution in [0.2, 0.25) is 0 Å². The summed E-state index contributed by atoms with van der Waals surface area (Å²) in [5, 5.41) is 5.62. The first kappa shape index (κ1) is 20.5. The molecule has 0 aliphatic carbocycles. The van der Waals surface area contributed by atoms with Crippen molar-refractivity contribution in [3.8, 4) is 11.5 Å². The molecular formula is C18H18F4N2O3S. The van der Waals surface area contributed by atoms with E-state index in [4.69, 9.17) is 9.88 Å². The predicted octanol–water partition coefficient (Wildman–Crippen LogP) is 3.59. The van der Waals surface area contributed by atoms with Crippen molar-refractivity contribution in [2.45, 2.75) is 36.8 Å². The monoisotopic (exact) mass is 418 g/mol. The van der Waals surface area contributed by atoms with Crippen LogP contribution in [0.15, 0.2) is 36.5 Å². The first-order valence-corrected chi connectivity index (χ1v) is 9.46. The first-order valence-electron chi connectivity index (χ1n) is 8.25. The SMILES string of the molecule is CC(C)(C[C@]1(c2ccc(OC(F)(F)F)c(F)c2)COc2cccnc21)S(N)=O. The van der Waals surface area contributed by atoms with Gasteiger partial charge in [-0.25, -0.2) is 8.60 Å². The summed E-state index contributed by atoms with van der Waals surface area (Å²) in [4.78, 5) is 4.35. The van der Waals surface area contributed by atoms with Crippen molar-refractivity contribution >= 4 is 11.0 Å². The normalized spacial score (nSPS) is 20.4. The van der Waals surface area contributed by atoms with Crippen LogP contribution in [0.25, 0.3) is 0 Å². The van der Waals surface area contributed by atoms with Gasteiger partial charge in [0.1, 0.15) is 12.4 Å². The Hall–Kier alpha value is -2.20. The number of alkyl halides is 3. The Kier molecular flexibility index (Phi) is 5.13. The maximum absolute atomic E-state index is 14.4. The van der Waals surface area contributed by atoms with Crippen LogP contribution in [0.5, 0.6) is 11.5 Å². The molecule has 3 rings (SSSR count). The first-order chi connectivity index (χ1) is 12.9. The van der Waals surface area contributed by atoms with Crippen molar-refractivity contribution in [1.29, 1.82) is 0 Å². The molecule has 0 amide bonds. The van der Waals surface area contributed by atoms with Crippen molar-refractivity contribution in [1.82, 2.24) is 4.98 Å². The Balaban J connectivity index is 2.12. The van der Waals surface area contributed by atoms with Gasteiger partial charge in [0.05, 0.1) is 26.8 Å². The summed E-state index contributed by atoms with van der Waals surface area (Å²) in [6, 6.07) is 6.56. The van der Waals surface area contributed by atoms with Crippen LogP contribution in [0, 0.1) is 5.82 Å². The zero-order chi connectivity index (χ0) is 20.7. The molecule has 1 unspecified atom stereocenters. The minimum Gasteiger partial charge on any atom is -0.490 e. The van der Waals surface area contributed by atoms with Crippen molar-refractivity contribution in [3.05, 3.63) is 53.6 Å². The molecule has 2 heterocycles. The molecule has 0 spiro atoms. The smallest absolute Gasteiger partial charge is 0.490 e. The zero-order valence-electron chi connectivity index (χ0n) is 15.0. The number of hydrogen-bond donors (Lipinski definition) is 1. The molecule has 10 heteroatoms. The van der Waals surface area contributed by atoms with E-state index in [1.165, 1.54) is 12.3 Å². The van der Waals surface area contributed by atoms with Gasteiger partial charge in [-0.15, -0.1) is 13.2 Å². The number of aromatic nitrogens is 1. The second kappa shape index (κ2) is 7.00. The zero-order valence-corrected chi connectivity index (χ0v) is 15.9. The number of nitrogens with zero attached hydrogens (tertiary/aromatic N) is 1. The highest BCUT2D eigenvalue weighted by Gasteiger charge is 2.48. The summed E-state index contributed by atoms with van der Waals surface area (Å²) in [6.45, 7) is 3.42. The van der Waals surface area contributed by atoms with E-state index in [1.807, 2.05) is 0 Å². The number of fused-ring (bicyclic) bond motifs is 1. The number of halogens is 4. The lowest BCUT2D eigenvalue weighted by Gasteiger charge is -2.35. The Morgan fingerprint density at radius 2 is 2.04 bits per heavy atom. The third-order valence-corrected chi connectivity index (χ3v) is 5.91. The molecule has 2 atom stereocenters. The molecule has 0 radical (unpaired) electrons. The molecule has 5 nitrogen and oxygen atoms in total. The van der Waals surface area contributed by atoms with Crippen LogP contribution in [0.3, 0.4) is 0 Å². The summed E-state index contributed by atoms with van der Waals surface area (Å²) in [5.41, 5.74) is -0.222. The van der Waals surface area contributed by atoms with Crippen LogP contribution < -0.4 is 14.6 Å². The fraction of sp³-hybridized carbons (Fsp3) is 0.389. The Morgan fingerprint density at radius 1 is 1.32 bits per heavy atom. The van der Waals surface area contributed by atoms with E-state index >= 15 is 0 Å². The molecule has 0 bridgehead atoms. The van der Waals surface area contributed by atoms with Gasteiger partial charge in [-0.1, -0.05) is 6.07 Å². The number of rotatable bonds is 5. The molecular weight excluding hydrogens is 400 g/mol. The molecule has 0 saturated carbocycles. The summed E-state index contributed by atoms with van der Waals surface area (Å²) >= 11 is 0. The van der Waals surface area contributed by atoms with Crippen molar-refractivity contribution in [2.24, 2.45) is 5.14 Å². The van der Waals surface area contributed by atoms with Gasteiger partial charge in [0.25, 0.3) is 0 Å². The van der Waals surface area contributed by atoms with Crippen LogP contribution in [0.4, 0.5) is 17.6 Å². The second-order valence-electron chi connectivity index (χ2n) is 7.15. The van der Waals surface area contributed by atoms with Crippen LogP contribution in [0.1, 0.15) is 31.5 Å². The molecule has 1 aliphatic rings. The Labute approximate surface area is 161 Å². The number of benzene rings is 1. The van der Waals surface area contributed by atoms with Gasteiger partial charge in [0.2, 0.25) is 0 Å². The van der Waals surface area contributed by atoms with E-state index in [0.717, 1.165) is 12.1 Å². The van der Waals surface area contributed by atoms with Gasteiger partial charge in [-0.3, -0.25) is 10.1 Å². The molecule has 2 N–H and O–H groups in total. The van der Waals surface area contributed by atoms with Gasteiger partial charge >= 0.3 is 6.36 Å². The number of ether oxygens (including phenoxy) is 2. The van der Waals surface area contributed by atoms with Crippen molar-refractivity contribution in [3.63, 3.8) is 0 Å². The number of pyridine rings is 1. The van der Waals surface area contributed by atoms with Crippen LogP contribution in [-0.4, -0.2) is 26.9 Å². The van der Waals surface area contributed by atoms with E-state index in [9.17, 15) is 21.8 Å². The average Bonchev–Trinajstić information content (AvgIpc) is 2.95. The summed E-state index contributed by atoms with van der Waals surface area (Å²) in [7, 11) is -1.72. The molecule has 1 aromatic carbocycles. The average molecular weight is 418 g/mol. The number of nitrogens with two attached hydrogens (primary N) is 1. The molecule has 0 saturated heterocycles. The minimum absolute atomic E-state index is 0.0545. The highest BCUT2D eigenvalue weighted by Crippen LogP contribution is 2.48. The van der Waals surface area contributed by atoms with E-state index in [0.29, 0.717) is 17.0 Å². The molecule has 152 valence electrons. The quantitative estimate of drug-likeness (QED) is 0.754. The van der Waals surface area contributed by atoms with E-state index in [2.05, 4.69) is 9.72 Å². The third-order valence-electron chi connectivity index (χ3n) is 4.68. The predicted molar refractivity (Wildman–Crippen MR) is 94.6 cm³/mol. The van der Waals surface area contributed by atoms with Crippen molar-refractivity contribution in [2.75, 3.05) is 6.61 Å². The topological polar surface area (TPSA) is 74.4 Å². The van der Waals surface area contributed by atoms with Crippen LogP contribution >= 0.6 is 0 Å². The fourth-order valence-corrected chi connectivity index (χ4v) is 3.79. The largest absolute Gasteiger partial charge is 0.573 e. The van der Waals surface area contributed by atoms with Gasteiger partial charge < -0.3 is 9.47 Å². The molecule has 1 aliphatic heterocycles. The molecule has 28 heavy (non-hydrogen) atoms. The Bertz CT molecular complexity index is 920. The fourth-order valence-electron chi connectivity index (χ4n) is 3.40. The highest BCUT2D eigenvalue weighted by atomic mass is 32.2. The Morgan fingerprint density at radius 3 is 2.64 bits per heavy atom. The lowest BCUT2D eigenvalue weighted by Crippen LogP contribution is -2.43. The maximum Gasteiger partial charge on any atom is 0.573 e. The summed E-state index contributed by atoms with van der Waals surface area (Å²) in [5.74, 6) is -1.64. The lowest BCUT2D eigenvalue weighted by molar-refractivity contribution is -0.275. The second-order valence-corrected chi connectivity index (χ2v) is 8.85. The van der Waals surface area contributed by atoms with E-state index in [-0.39, 0.29) is 13.0 Å². The summed E-state index contributed by atoms with van der Waals surface area (Å²) in [6.07, 6.45) is -3.30. The van der Waals surface area contributed by atoms with E-state index in [1.54, 1.807) is 26.0 Å². The molecule has 1 aromatic heterocycles. The highest BCUT2D eigenvalue weighted by molar-refractivity contribution is 7.84. The van der Waals surface area contributed by atoms with Crippen molar-refractivity contribution < 1.29 is 31.2 Å². The third kappa shape index (κ3) is 3.83.